The van der Waals surface area contributed by atoms with Crippen LogP contribution in [-0.2, 0) is 4.74 Å². The Balaban J connectivity index is 1.82. The molecule has 0 spiro atoms. The van der Waals surface area contributed by atoms with Gasteiger partial charge in [-0.2, -0.15) is 0 Å². The summed E-state index contributed by atoms with van der Waals surface area (Å²) < 4.78 is 6.12. The van der Waals surface area contributed by atoms with E-state index in [1.165, 1.54) is 29.5 Å². The first-order chi connectivity index (χ1) is 15.4. The molecule has 1 N–H and O–H groups in total. The van der Waals surface area contributed by atoms with Crippen LogP contribution in [0.4, 0.5) is 10.7 Å². The van der Waals surface area contributed by atoms with Crippen molar-refractivity contribution < 1.29 is 19.2 Å². The minimum Gasteiger partial charge on any atom is -0.462 e. The summed E-state index contributed by atoms with van der Waals surface area (Å²) in [6.07, 6.45) is 0. The number of esters is 1. The van der Waals surface area contributed by atoms with Crippen LogP contribution in [0.2, 0.25) is 0 Å². The number of thiazole rings is 1. The van der Waals surface area contributed by atoms with Crippen molar-refractivity contribution in [2.75, 3.05) is 11.9 Å². The first-order valence-electron chi connectivity index (χ1n) is 9.62. The molecule has 0 aliphatic carbocycles. The monoisotopic (exact) mass is 467 g/mol. The number of carbonyl (C=O) groups excluding carboxylic acids is 2. The van der Waals surface area contributed by atoms with Gasteiger partial charge in [-0.05, 0) is 37.6 Å². The molecule has 1 amide bonds. The fourth-order valence-electron chi connectivity index (χ4n) is 3.22. The summed E-state index contributed by atoms with van der Waals surface area (Å²) in [4.78, 5) is 41.2. The van der Waals surface area contributed by atoms with Crippen molar-refractivity contribution in [1.82, 2.24) is 4.98 Å². The van der Waals surface area contributed by atoms with E-state index < -0.39 is 16.8 Å². The molecule has 0 atom stereocenters. The molecule has 8 nitrogen and oxygen atoms in total. The first-order valence-corrected chi connectivity index (χ1v) is 11.2. The van der Waals surface area contributed by atoms with E-state index >= 15 is 0 Å². The van der Waals surface area contributed by atoms with Gasteiger partial charge in [-0.1, -0.05) is 24.3 Å². The van der Waals surface area contributed by atoms with Crippen molar-refractivity contribution in [2.45, 2.75) is 13.8 Å². The zero-order valence-electron chi connectivity index (χ0n) is 17.1. The standard InChI is InChI=1S/C22H17N3O5S2/c1-3-30-22(27)18-12(2)17(20-23-14-9-5-7-11-16(14)31-20)21(32-18)24-19(26)13-8-4-6-10-15(13)25(28)29/h4-11H,3H2,1-2H3,(H,24,26). The van der Waals surface area contributed by atoms with Crippen LogP contribution in [0.25, 0.3) is 20.8 Å². The fraction of sp³-hybridized carbons (Fsp3) is 0.136. The molecule has 0 saturated carbocycles. The summed E-state index contributed by atoms with van der Waals surface area (Å²) in [6, 6.07) is 13.3. The van der Waals surface area contributed by atoms with Gasteiger partial charge in [0.1, 0.15) is 20.4 Å². The van der Waals surface area contributed by atoms with E-state index in [1.807, 2.05) is 24.3 Å². The highest BCUT2D eigenvalue weighted by molar-refractivity contribution is 7.23. The van der Waals surface area contributed by atoms with Gasteiger partial charge in [0.15, 0.2) is 0 Å². The van der Waals surface area contributed by atoms with E-state index in [1.54, 1.807) is 19.9 Å². The molecular formula is C22H17N3O5S2. The van der Waals surface area contributed by atoms with Gasteiger partial charge < -0.3 is 10.1 Å². The van der Waals surface area contributed by atoms with Gasteiger partial charge in [0.25, 0.3) is 11.6 Å². The number of carbonyl (C=O) groups is 2. The lowest BCUT2D eigenvalue weighted by Crippen LogP contribution is -2.13. The minimum absolute atomic E-state index is 0.0727. The third-order valence-corrected chi connectivity index (χ3v) is 6.93. The zero-order valence-corrected chi connectivity index (χ0v) is 18.7. The number of fused-ring (bicyclic) bond motifs is 1. The predicted octanol–water partition coefficient (Wildman–Crippen LogP) is 5.67. The highest BCUT2D eigenvalue weighted by Gasteiger charge is 2.27. The highest BCUT2D eigenvalue weighted by Crippen LogP contribution is 2.44. The number of hydrogen-bond acceptors (Lipinski definition) is 8. The molecule has 0 unspecified atom stereocenters. The topological polar surface area (TPSA) is 111 Å². The Bertz CT molecular complexity index is 1330. The van der Waals surface area contributed by atoms with E-state index in [-0.39, 0.29) is 17.9 Å². The Labute approximate surface area is 190 Å². The second-order valence-electron chi connectivity index (χ2n) is 6.70. The highest BCUT2D eigenvalue weighted by atomic mass is 32.1. The van der Waals surface area contributed by atoms with Crippen LogP contribution in [0.3, 0.4) is 0 Å². The van der Waals surface area contributed by atoms with Crippen LogP contribution < -0.4 is 5.32 Å². The van der Waals surface area contributed by atoms with Crippen LogP contribution in [0.1, 0.15) is 32.5 Å². The number of ether oxygens (including phenoxy) is 1. The summed E-state index contributed by atoms with van der Waals surface area (Å²) in [5.41, 5.74) is 1.66. The normalized spacial score (nSPS) is 10.8. The van der Waals surface area contributed by atoms with E-state index in [2.05, 4.69) is 10.3 Å². The third-order valence-electron chi connectivity index (χ3n) is 4.69. The SMILES string of the molecule is CCOC(=O)c1sc(NC(=O)c2ccccc2[N+](=O)[O-])c(-c2nc3ccccc3s2)c1C. The van der Waals surface area contributed by atoms with E-state index in [4.69, 9.17) is 4.74 Å². The zero-order chi connectivity index (χ0) is 22.8. The molecule has 2 aromatic carbocycles. The van der Waals surface area contributed by atoms with E-state index in [9.17, 15) is 19.7 Å². The molecule has 0 aliphatic heterocycles. The number of nitro groups is 1. The molecule has 0 bridgehead atoms. The second-order valence-corrected chi connectivity index (χ2v) is 8.75. The van der Waals surface area contributed by atoms with Crippen molar-refractivity contribution in [3.63, 3.8) is 0 Å². The molecule has 0 aliphatic rings. The number of rotatable bonds is 6. The first kappa shape index (κ1) is 21.6. The van der Waals surface area contributed by atoms with Crippen LogP contribution in [0, 0.1) is 17.0 Å². The van der Waals surface area contributed by atoms with Gasteiger partial charge >= 0.3 is 5.97 Å². The molecule has 32 heavy (non-hydrogen) atoms. The minimum atomic E-state index is -0.642. The number of thiophene rings is 1. The number of aromatic nitrogens is 1. The Hall–Kier alpha value is -3.63. The lowest BCUT2D eigenvalue weighted by atomic mass is 10.1. The van der Waals surface area contributed by atoms with Gasteiger partial charge in [0, 0.05) is 11.6 Å². The van der Waals surface area contributed by atoms with Gasteiger partial charge in [-0.25, -0.2) is 9.78 Å². The fourth-order valence-corrected chi connectivity index (χ4v) is 5.46. The molecule has 2 aromatic heterocycles. The molecule has 162 valence electrons. The maximum absolute atomic E-state index is 13.0. The van der Waals surface area contributed by atoms with E-state index in [0.717, 1.165) is 21.6 Å². The Morgan fingerprint density at radius 3 is 2.56 bits per heavy atom. The largest absolute Gasteiger partial charge is 0.462 e. The summed E-state index contributed by atoms with van der Waals surface area (Å²) in [6.45, 7) is 3.70. The number of anilines is 1. The van der Waals surface area contributed by atoms with Crippen molar-refractivity contribution >= 4 is 55.5 Å². The van der Waals surface area contributed by atoms with Gasteiger partial charge in [0.05, 0.1) is 21.7 Å². The van der Waals surface area contributed by atoms with Gasteiger partial charge in [0.2, 0.25) is 0 Å². The quantitative estimate of drug-likeness (QED) is 0.222. The van der Waals surface area contributed by atoms with Crippen molar-refractivity contribution in [1.29, 1.82) is 0 Å². The predicted molar refractivity (Wildman–Crippen MR) is 125 cm³/mol. The van der Waals surface area contributed by atoms with Crippen LogP contribution in [0.15, 0.2) is 48.5 Å². The second kappa shape index (κ2) is 8.85. The third kappa shape index (κ3) is 3.97. The molecule has 10 heteroatoms. The van der Waals surface area contributed by atoms with E-state index in [0.29, 0.717) is 26.0 Å². The number of amides is 1. The smallest absolute Gasteiger partial charge is 0.348 e. The molecule has 0 fully saturated rings. The summed E-state index contributed by atoms with van der Waals surface area (Å²) in [7, 11) is 0. The van der Waals surface area contributed by atoms with Crippen LogP contribution in [0.5, 0.6) is 0 Å². The Morgan fingerprint density at radius 2 is 1.84 bits per heavy atom. The average Bonchev–Trinajstić information content (AvgIpc) is 3.34. The molecule has 4 aromatic rings. The maximum atomic E-state index is 13.0. The maximum Gasteiger partial charge on any atom is 0.348 e. The number of nitrogens with zero attached hydrogens (tertiary/aromatic N) is 2. The van der Waals surface area contributed by atoms with Crippen LogP contribution >= 0.6 is 22.7 Å². The molecule has 0 saturated heterocycles. The van der Waals surface area contributed by atoms with Crippen LogP contribution in [-0.4, -0.2) is 28.4 Å². The summed E-state index contributed by atoms with van der Waals surface area (Å²) in [5, 5.41) is 15.1. The lowest BCUT2D eigenvalue weighted by Gasteiger charge is -2.06. The number of nitrogens with one attached hydrogen (secondary N) is 1. The Morgan fingerprint density at radius 1 is 1.12 bits per heavy atom. The Kier molecular flexibility index (Phi) is 5.97. The summed E-state index contributed by atoms with van der Waals surface area (Å²) in [5.74, 6) is -1.14. The lowest BCUT2D eigenvalue weighted by molar-refractivity contribution is -0.385. The summed E-state index contributed by atoms with van der Waals surface area (Å²) >= 11 is 2.50. The molecular weight excluding hydrogens is 450 g/mol. The molecule has 2 heterocycles. The number of nitro benzene ring substituents is 1. The molecule has 0 radical (unpaired) electrons. The number of benzene rings is 2. The van der Waals surface area contributed by atoms with Crippen molar-refractivity contribution in [2.24, 2.45) is 0 Å². The average molecular weight is 468 g/mol. The number of para-hydroxylation sites is 2. The number of hydrogen-bond donors (Lipinski definition) is 1. The van der Waals surface area contributed by atoms with Crippen molar-refractivity contribution in [3.8, 4) is 10.6 Å². The van der Waals surface area contributed by atoms with Gasteiger partial charge in [-0.15, -0.1) is 22.7 Å². The molecule has 4 rings (SSSR count). The van der Waals surface area contributed by atoms with Gasteiger partial charge in [-0.3, -0.25) is 14.9 Å². The van der Waals surface area contributed by atoms with Crippen molar-refractivity contribution in [3.05, 3.63) is 74.6 Å².